The fourth-order valence-electron chi connectivity index (χ4n) is 2.27. The molecule has 0 radical (unpaired) electrons. The van der Waals surface area contributed by atoms with Gasteiger partial charge in [0, 0.05) is 22.9 Å². The third-order valence-corrected chi connectivity index (χ3v) is 3.63. The molecule has 0 saturated carbocycles. The summed E-state index contributed by atoms with van der Waals surface area (Å²) in [6.45, 7) is 2.42. The van der Waals surface area contributed by atoms with E-state index in [0.29, 0.717) is 17.3 Å². The quantitative estimate of drug-likeness (QED) is 0.726. The van der Waals surface area contributed by atoms with E-state index in [2.05, 4.69) is 10.6 Å². The maximum atomic E-state index is 13.8. The second-order valence-corrected chi connectivity index (χ2v) is 5.84. The largest absolute Gasteiger partial charge is 0.383 e. The molecule has 2 aromatic carbocycles. The Labute approximate surface area is 143 Å². The molecule has 0 aliphatic heterocycles. The normalized spacial score (nSPS) is 13.0. The van der Waals surface area contributed by atoms with E-state index in [1.54, 1.807) is 18.2 Å². The minimum Gasteiger partial charge on any atom is -0.383 e. The second kappa shape index (κ2) is 7.40. The van der Waals surface area contributed by atoms with Crippen LogP contribution in [0.5, 0.6) is 0 Å². The van der Waals surface area contributed by atoms with Gasteiger partial charge in [-0.3, -0.25) is 4.79 Å². The maximum Gasteiger partial charge on any atom is 0.319 e. The Balaban J connectivity index is 2.01. The first-order valence-electron chi connectivity index (χ1n) is 7.53. The zero-order chi connectivity index (χ0) is 18.6. The van der Waals surface area contributed by atoms with E-state index < -0.39 is 23.3 Å². The van der Waals surface area contributed by atoms with Gasteiger partial charge < -0.3 is 15.7 Å². The molecule has 25 heavy (non-hydrogen) atoms. The number of rotatable bonds is 5. The number of amides is 2. The van der Waals surface area contributed by atoms with Crippen molar-refractivity contribution in [3.05, 3.63) is 65.2 Å². The lowest BCUT2D eigenvalue weighted by Gasteiger charge is -2.24. The van der Waals surface area contributed by atoms with Gasteiger partial charge in [-0.2, -0.15) is 0 Å². The minimum atomic E-state index is -1.73. The van der Waals surface area contributed by atoms with Gasteiger partial charge in [0.15, 0.2) is 5.78 Å². The lowest BCUT2D eigenvalue weighted by molar-refractivity contribution is 0.0561. The fraction of sp³-hybridized carbons (Fsp3) is 0.222. The number of carbonyl (C=O) groups is 2. The molecule has 0 aliphatic rings. The van der Waals surface area contributed by atoms with Crippen molar-refractivity contribution in [2.75, 3.05) is 11.9 Å². The van der Waals surface area contributed by atoms with Crippen LogP contribution in [0.1, 0.15) is 29.8 Å². The van der Waals surface area contributed by atoms with Gasteiger partial charge in [0.2, 0.25) is 0 Å². The number of benzene rings is 2. The van der Waals surface area contributed by atoms with Crippen molar-refractivity contribution >= 4 is 17.5 Å². The summed E-state index contributed by atoms with van der Waals surface area (Å²) in [5.41, 5.74) is -1.01. The Kier molecular flexibility index (Phi) is 5.48. The Morgan fingerprint density at radius 1 is 1.16 bits per heavy atom. The van der Waals surface area contributed by atoms with Crippen LogP contribution in [0.3, 0.4) is 0 Å². The summed E-state index contributed by atoms with van der Waals surface area (Å²) in [5.74, 6) is -1.80. The van der Waals surface area contributed by atoms with Crippen LogP contribution in [0.4, 0.5) is 19.3 Å². The molecule has 132 valence electrons. The first-order valence-corrected chi connectivity index (χ1v) is 7.53. The van der Waals surface area contributed by atoms with Crippen LogP contribution in [0.15, 0.2) is 42.5 Å². The Bertz CT molecular complexity index is 807. The molecule has 0 fully saturated rings. The summed E-state index contributed by atoms with van der Waals surface area (Å²) in [6.07, 6.45) is 0. The lowest BCUT2D eigenvalue weighted by atomic mass is 9.95. The molecule has 2 rings (SSSR count). The molecule has 3 N–H and O–H groups in total. The van der Waals surface area contributed by atoms with Crippen molar-refractivity contribution in [2.45, 2.75) is 19.4 Å². The molecule has 2 amide bonds. The van der Waals surface area contributed by atoms with Crippen LogP contribution in [-0.2, 0) is 5.60 Å². The van der Waals surface area contributed by atoms with Crippen LogP contribution in [0.25, 0.3) is 0 Å². The van der Waals surface area contributed by atoms with Gasteiger partial charge in [-0.15, -0.1) is 0 Å². The zero-order valence-electron chi connectivity index (χ0n) is 13.8. The van der Waals surface area contributed by atoms with E-state index >= 15 is 0 Å². The topological polar surface area (TPSA) is 78.4 Å². The van der Waals surface area contributed by atoms with E-state index in [0.717, 1.165) is 12.1 Å². The summed E-state index contributed by atoms with van der Waals surface area (Å²) < 4.78 is 26.7. The monoisotopic (exact) mass is 348 g/mol. The van der Waals surface area contributed by atoms with Crippen LogP contribution < -0.4 is 10.6 Å². The van der Waals surface area contributed by atoms with E-state index in [4.69, 9.17) is 0 Å². The van der Waals surface area contributed by atoms with Crippen molar-refractivity contribution in [1.29, 1.82) is 0 Å². The van der Waals surface area contributed by atoms with Crippen molar-refractivity contribution < 1.29 is 23.5 Å². The SMILES string of the molecule is CC(=O)c1cccc(NC(=O)NCC(C)(O)c2ccc(F)cc2F)c1. The number of nitrogens with one attached hydrogen (secondary N) is 2. The summed E-state index contributed by atoms with van der Waals surface area (Å²) in [6, 6.07) is 8.54. The summed E-state index contributed by atoms with van der Waals surface area (Å²) in [4.78, 5) is 23.3. The molecule has 1 unspecified atom stereocenters. The van der Waals surface area contributed by atoms with Crippen molar-refractivity contribution in [3.8, 4) is 0 Å². The van der Waals surface area contributed by atoms with E-state index in [1.165, 1.54) is 19.9 Å². The zero-order valence-corrected chi connectivity index (χ0v) is 13.8. The number of hydrogen-bond acceptors (Lipinski definition) is 3. The molecule has 0 aliphatic carbocycles. The number of Topliss-reactive ketones (excluding diaryl/α,β-unsaturated/α-hetero) is 1. The molecule has 0 heterocycles. The fourth-order valence-corrected chi connectivity index (χ4v) is 2.27. The molecule has 0 spiro atoms. The van der Waals surface area contributed by atoms with Gasteiger partial charge >= 0.3 is 6.03 Å². The van der Waals surface area contributed by atoms with Crippen LogP contribution in [0.2, 0.25) is 0 Å². The average Bonchev–Trinajstić information content (AvgIpc) is 2.53. The van der Waals surface area contributed by atoms with Gasteiger partial charge in [-0.05, 0) is 32.0 Å². The molecule has 2 aromatic rings. The summed E-state index contributed by atoms with van der Waals surface area (Å²) >= 11 is 0. The highest BCUT2D eigenvalue weighted by Crippen LogP contribution is 2.23. The van der Waals surface area contributed by atoms with Gasteiger partial charge in [0.25, 0.3) is 0 Å². The second-order valence-electron chi connectivity index (χ2n) is 5.84. The minimum absolute atomic E-state index is 0.132. The first-order chi connectivity index (χ1) is 11.7. The van der Waals surface area contributed by atoms with Crippen LogP contribution in [-0.4, -0.2) is 23.5 Å². The maximum absolute atomic E-state index is 13.8. The lowest BCUT2D eigenvalue weighted by Crippen LogP contribution is -2.41. The number of carbonyl (C=O) groups excluding carboxylic acids is 2. The predicted molar refractivity (Wildman–Crippen MR) is 89.4 cm³/mol. The van der Waals surface area contributed by atoms with E-state index in [-0.39, 0.29) is 17.9 Å². The molecule has 0 aromatic heterocycles. The highest BCUT2D eigenvalue weighted by atomic mass is 19.1. The Morgan fingerprint density at radius 2 is 1.88 bits per heavy atom. The third kappa shape index (κ3) is 4.84. The summed E-state index contributed by atoms with van der Waals surface area (Å²) in [5, 5.41) is 15.3. The standard InChI is InChI=1S/C18H18F2N2O3/c1-11(23)12-4-3-5-14(8-12)22-17(24)21-10-18(2,25)15-7-6-13(19)9-16(15)20/h3-9,25H,10H2,1-2H3,(H2,21,22,24). The van der Waals surface area contributed by atoms with Crippen LogP contribution in [0, 0.1) is 11.6 Å². The third-order valence-electron chi connectivity index (χ3n) is 3.63. The predicted octanol–water partition coefficient (Wildman–Crippen LogP) is 3.20. The number of ketones is 1. The van der Waals surface area contributed by atoms with E-state index in [1.807, 2.05) is 0 Å². The number of halogens is 2. The number of anilines is 1. The molecule has 7 heteroatoms. The van der Waals surface area contributed by atoms with Gasteiger partial charge in [-0.1, -0.05) is 18.2 Å². The molecule has 0 bridgehead atoms. The van der Waals surface area contributed by atoms with Crippen molar-refractivity contribution in [2.24, 2.45) is 0 Å². The summed E-state index contributed by atoms with van der Waals surface area (Å²) in [7, 11) is 0. The number of urea groups is 1. The molecule has 5 nitrogen and oxygen atoms in total. The number of hydrogen-bond donors (Lipinski definition) is 3. The highest BCUT2D eigenvalue weighted by Gasteiger charge is 2.27. The van der Waals surface area contributed by atoms with Gasteiger partial charge in [-0.25, -0.2) is 13.6 Å². The smallest absolute Gasteiger partial charge is 0.319 e. The van der Waals surface area contributed by atoms with Gasteiger partial charge in [0.1, 0.15) is 17.2 Å². The average molecular weight is 348 g/mol. The van der Waals surface area contributed by atoms with Crippen molar-refractivity contribution in [3.63, 3.8) is 0 Å². The van der Waals surface area contributed by atoms with Gasteiger partial charge in [0.05, 0.1) is 6.54 Å². The molecular formula is C18H18F2N2O3. The van der Waals surface area contributed by atoms with E-state index in [9.17, 15) is 23.5 Å². The molecular weight excluding hydrogens is 330 g/mol. The Hall–Kier alpha value is -2.80. The Morgan fingerprint density at radius 3 is 2.52 bits per heavy atom. The number of aliphatic hydroxyl groups is 1. The molecule has 1 atom stereocenters. The van der Waals surface area contributed by atoms with Crippen molar-refractivity contribution in [1.82, 2.24) is 5.32 Å². The molecule has 0 saturated heterocycles. The first kappa shape index (κ1) is 18.5. The van der Waals surface area contributed by atoms with Crippen LogP contribution >= 0.6 is 0 Å². The highest BCUT2D eigenvalue weighted by molar-refractivity contribution is 5.96.